The summed E-state index contributed by atoms with van der Waals surface area (Å²) >= 11 is 0. The number of hydrogen-bond donors (Lipinski definition) is 0. The van der Waals surface area contributed by atoms with Crippen LogP contribution >= 0.6 is 0 Å². The van der Waals surface area contributed by atoms with Crippen LogP contribution in [0.3, 0.4) is 0 Å². The third-order valence-electron chi connectivity index (χ3n) is 11.3. The molecule has 0 bridgehead atoms. The van der Waals surface area contributed by atoms with Crippen LogP contribution in [-0.2, 0) is 19.1 Å². The molecule has 6 unspecified atom stereocenters. The van der Waals surface area contributed by atoms with Crippen molar-refractivity contribution >= 4 is 11.9 Å². The molecule has 0 aromatic rings. The van der Waals surface area contributed by atoms with Crippen molar-refractivity contribution < 1.29 is 19.1 Å². The summed E-state index contributed by atoms with van der Waals surface area (Å²) in [7, 11) is 0. The number of ether oxygens (including phenoxy) is 2. The number of carbonyl (C=O) groups is 2. The van der Waals surface area contributed by atoms with E-state index in [0.29, 0.717) is 48.3 Å². The minimum atomic E-state index is -0.781. The Labute approximate surface area is 221 Å². The molecule has 4 aliphatic carbocycles. The Hall–Kier alpha value is -1.06. The van der Waals surface area contributed by atoms with Crippen LogP contribution in [0.2, 0.25) is 0 Å². The largest absolute Gasteiger partial charge is 0.462 e. The predicted molar refractivity (Wildman–Crippen MR) is 144 cm³/mol. The van der Waals surface area contributed by atoms with Crippen LogP contribution in [-0.4, -0.2) is 24.1 Å². The lowest BCUT2D eigenvalue weighted by atomic mass is 9.73. The molecule has 36 heavy (non-hydrogen) atoms. The Balaban J connectivity index is 1.61. The lowest BCUT2D eigenvalue weighted by molar-refractivity contribution is -0.182. The first-order valence-electron chi connectivity index (χ1n) is 15.0. The minimum absolute atomic E-state index is 0.0472. The Bertz CT molecular complexity index is 786. The summed E-state index contributed by atoms with van der Waals surface area (Å²) in [6.07, 6.45) is 7.82. The van der Waals surface area contributed by atoms with Gasteiger partial charge in [-0.25, -0.2) is 0 Å². The number of hydrogen-bond acceptors (Lipinski definition) is 4. The van der Waals surface area contributed by atoms with Crippen LogP contribution in [0, 0.1) is 57.2 Å². The molecule has 0 amide bonds. The molecule has 4 heteroatoms. The van der Waals surface area contributed by atoms with Gasteiger partial charge in [-0.3, -0.25) is 9.59 Å². The molecule has 0 spiro atoms. The van der Waals surface area contributed by atoms with E-state index in [9.17, 15) is 9.59 Å². The lowest BCUT2D eigenvalue weighted by Crippen LogP contribution is -2.47. The van der Waals surface area contributed by atoms with E-state index < -0.39 is 10.8 Å². The van der Waals surface area contributed by atoms with Gasteiger partial charge < -0.3 is 9.47 Å². The second-order valence-electron chi connectivity index (χ2n) is 15.5. The van der Waals surface area contributed by atoms with Crippen molar-refractivity contribution in [3.05, 3.63) is 0 Å². The van der Waals surface area contributed by atoms with Crippen molar-refractivity contribution in [2.45, 2.75) is 133 Å². The van der Waals surface area contributed by atoms with Crippen LogP contribution in [0.4, 0.5) is 0 Å². The van der Waals surface area contributed by atoms with Gasteiger partial charge in [0.2, 0.25) is 0 Å². The molecule has 0 aliphatic heterocycles. The molecule has 0 N–H and O–H groups in total. The number of esters is 2. The Morgan fingerprint density at radius 3 is 1.19 bits per heavy atom. The van der Waals surface area contributed by atoms with Gasteiger partial charge in [0.05, 0.1) is 10.8 Å². The standard InChI is InChI=1S/C32H54O4/c1-19(2)23-13-11-21(5)15-25(23)35-27(33)31(17-29(31,7)8)32(18-30(32,9)10)28(34)36-26-16-22(6)12-14-24(26)20(3)4/h19-26H,11-18H2,1-10H3/t21?,22?,23?,24?,25?,26?,31-,32-/m1/s1. The predicted octanol–water partition coefficient (Wildman–Crippen LogP) is 7.83. The quantitative estimate of drug-likeness (QED) is 0.333. The third-order valence-corrected chi connectivity index (χ3v) is 11.3. The van der Waals surface area contributed by atoms with Gasteiger partial charge in [-0.2, -0.15) is 0 Å². The topological polar surface area (TPSA) is 52.6 Å². The van der Waals surface area contributed by atoms with Gasteiger partial charge >= 0.3 is 11.9 Å². The minimum Gasteiger partial charge on any atom is -0.462 e. The highest BCUT2D eigenvalue weighted by molar-refractivity contribution is 5.95. The SMILES string of the molecule is CC1CCC(C(C)C)C(OC(=O)[C@]2([C@@]3(C(=O)OC4CC(C)CCC4C(C)C)CC3(C)C)CC2(C)C)C1. The maximum absolute atomic E-state index is 14.3. The summed E-state index contributed by atoms with van der Waals surface area (Å²) in [6, 6.07) is 0. The smallest absolute Gasteiger partial charge is 0.314 e. The van der Waals surface area contributed by atoms with Crippen LogP contribution in [0.1, 0.15) is 121 Å². The van der Waals surface area contributed by atoms with E-state index in [4.69, 9.17) is 9.47 Å². The fourth-order valence-electron chi connectivity index (χ4n) is 8.72. The number of carbonyl (C=O) groups excluding carboxylic acids is 2. The third kappa shape index (κ3) is 4.35. The zero-order chi connectivity index (χ0) is 26.8. The van der Waals surface area contributed by atoms with Crippen LogP contribution in [0.15, 0.2) is 0 Å². The zero-order valence-corrected chi connectivity index (χ0v) is 24.9. The maximum Gasteiger partial charge on any atom is 0.314 e. The van der Waals surface area contributed by atoms with Crippen molar-refractivity contribution in [3.63, 3.8) is 0 Å². The van der Waals surface area contributed by atoms with Gasteiger partial charge in [0, 0.05) is 0 Å². The molecular weight excluding hydrogens is 448 g/mol. The molecule has 0 heterocycles. The second-order valence-corrected chi connectivity index (χ2v) is 15.5. The first-order chi connectivity index (χ1) is 16.6. The summed E-state index contributed by atoms with van der Waals surface area (Å²) in [5.41, 5.74) is -2.09. The van der Waals surface area contributed by atoms with Gasteiger partial charge in [0.1, 0.15) is 12.2 Å². The van der Waals surface area contributed by atoms with Gasteiger partial charge in [-0.1, -0.05) is 82.1 Å². The van der Waals surface area contributed by atoms with Gasteiger partial charge in [0.25, 0.3) is 0 Å². The highest BCUT2D eigenvalue weighted by Crippen LogP contribution is 2.85. The molecule has 4 nitrogen and oxygen atoms in total. The van der Waals surface area contributed by atoms with Crippen molar-refractivity contribution in [3.8, 4) is 0 Å². The average Bonchev–Trinajstić information content (AvgIpc) is 3.56. The molecular formula is C32H54O4. The Morgan fingerprint density at radius 1 is 0.639 bits per heavy atom. The maximum atomic E-state index is 14.3. The van der Waals surface area contributed by atoms with Crippen LogP contribution in [0.5, 0.6) is 0 Å². The highest BCUT2D eigenvalue weighted by Gasteiger charge is 2.89. The normalized spacial score (nSPS) is 43.2. The fourth-order valence-corrected chi connectivity index (χ4v) is 8.72. The molecule has 8 atom stereocenters. The van der Waals surface area contributed by atoms with Gasteiger partial charge in [-0.05, 0) is 84.9 Å². The van der Waals surface area contributed by atoms with E-state index in [-0.39, 0.29) is 35.0 Å². The summed E-state index contributed by atoms with van der Waals surface area (Å²) in [5.74, 6) is 2.64. The van der Waals surface area contributed by atoms with Crippen LogP contribution < -0.4 is 0 Å². The number of rotatable bonds is 7. The van der Waals surface area contributed by atoms with Crippen molar-refractivity contribution in [1.82, 2.24) is 0 Å². The van der Waals surface area contributed by atoms with E-state index in [1.807, 2.05) is 0 Å². The van der Waals surface area contributed by atoms with Crippen molar-refractivity contribution in [2.75, 3.05) is 0 Å². The molecule has 4 fully saturated rings. The first kappa shape index (κ1) is 28.0. The van der Waals surface area contributed by atoms with E-state index in [1.54, 1.807) is 0 Å². The highest BCUT2D eigenvalue weighted by atomic mass is 16.6. The first-order valence-corrected chi connectivity index (χ1v) is 15.0. The monoisotopic (exact) mass is 502 g/mol. The average molecular weight is 503 g/mol. The van der Waals surface area contributed by atoms with Crippen molar-refractivity contribution in [2.24, 2.45) is 57.2 Å². The summed E-state index contributed by atoms with van der Waals surface area (Å²) in [6.45, 7) is 22.1. The summed E-state index contributed by atoms with van der Waals surface area (Å²) < 4.78 is 13.0. The Morgan fingerprint density at radius 2 is 0.944 bits per heavy atom. The fraction of sp³-hybridized carbons (Fsp3) is 0.938. The molecule has 0 radical (unpaired) electrons. The molecule has 4 saturated carbocycles. The van der Waals surface area contributed by atoms with E-state index in [0.717, 1.165) is 25.7 Å². The van der Waals surface area contributed by atoms with Crippen LogP contribution in [0.25, 0.3) is 0 Å². The molecule has 0 saturated heterocycles. The molecule has 206 valence electrons. The van der Waals surface area contributed by atoms with Gasteiger partial charge in [-0.15, -0.1) is 0 Å². The van der Waals surface area contributed by atoms with E-state index in [2.05, 4.69) is 69.2 Å². The molecule has 4 aliphatic rings. The van der Waals surface area contributed by atoms with E-state index in [1.165, 1.54) is 12.8 Å². The molecule has 0 aromatic heterocycles. The van der Waals surface area contributed by atoms with Crippen molar-refractivity contribution in [1.29, 1.82) is 0 Å². The molecule has 0 aromatic carbocycles. The lowest BCUT2D eigenvalue weighted by Gasteiger charge is -2.40. The Kier molecular flexibility index (Phi) is 7.22. The zero-order valence-electron chi connectivity index (χ0n) is 24.9. The summed E-state index contributed by atoms with van der Waals surface area (Å²) in [5, 5.41) is 0. The van der Waals surface area contributed by atoms with E-state index >= 15 is 0 Å². The summed E-state index contributed by atoms with van der Waals surface area (Å²) in [4.78, 5) is 28.5. The second kappa shape index (κ2) is 9.30. The van der Waals surface area contributed by atoms with Gasteiger partial charge in [0.15, 0.2) is 0 Å². The molecule has 4 rings (SSSR count).